The summed E-state index contributed by atoms with van der Waals surface area (Å²) in [4.78, 5) is 23.1. The first-order valence-corrected chi connectivity index (χ1v) is 7.43. The standard InChI is InChI=1S/C18H13ClN2O4/c1-2-7-24-18(23)14-9-11(3-5-15(14)19)16-6-4-13(25-16)8-12(10-20)17(21)22/h2-6,8-9H,1,7H2,(H2,21,22)/b12-8+. The van der Waals surface area contributed by atoms with Gasteiger partial charge in [0, 0.05) is 11.6 Å². The van der Waals surface area contributed by atoms with E-state index in [1.165, 1.54) is 18.2 Å². The van der Waals surface area contributed by atoms with E-state index >= 15 is 0 Å². The van der Waals surface area contributed by atoms with Crippen LogP contribution in [0.5, 0.6) is 0 Å². The fraction of sp³-hybridized carbons (Fsp3) is 0.0556. The van der Waals surface area contributed by atoms with Gasteiger partial charge in [-0.05, 0) is 30.3 Å². The van der Waals surface area contributed by atoms with E-state index in [4.69, 9.17) is 31.8 Å². The van der Waals surface area contributed by atoms with E-state index in [9.17, 15) is 9.59 Å². The molecule has 0 atom stereocenters. The fourth-order valence-electron chi connectivity index (χ4n) is 1.93. The number of hydrogen-bond donors (Lipinski definition) is 1. The molecule has 0 unspecified atom stereocenters. The van der Waals surface area contributed by atoms with E-state index in [0.29, 0.717) is 11.3 Å². The molecule has 0 bridgehead atoms. The summed E-state index contributed by atoms with van der Waals surface area (Å²) in [6.07, 6.45) is 2.69. The van der Waals surface area contributed by atoms with Crippen molar-refractivity contribution >= 4 is 29.6 Å². The zero-order chi connectivity index (χ0) is 18.4. The zero-order valence-electron chi connectivity index (χ0n) is 13.0. The van der Waals surface area contributed by atoms with Crippen LogP contribution in [-0.4, -0.2) is 18.5 Å². The monoisotopic (exact) mass is 356 g/mol. The topological polar surface area (TPSA) is 106 Å². The van der Waals surface area contributed by atoms with Gasteiger partial charge in [0.15, 0.2) is 0 Å². The molecular weight excluding hydrogens is 344 g/mol. The Kier molecular flexibility index (Phi) is 5.77. The van der Waals surface area contributed by atoms with E-state index in [-0.39, 0.29) is 28.5 Å². The predicted molar refractivity (Wildman–Crippen MR) is 92.4 cm³/mol. The lowest BCUT2D eigenvalue weighted by atomic mass is 10.1. The Morgan fingerprint density at radius 2 is 2.12 bits per heavy atom. The molecule has 2 rings (SSSR count). The molecule has 1 aromatic carbocycles. The number of benzene rings is 1. The maximum Gasteiger partial charge on any atom is 0.339 e. The Balaban J connectivity index is 2.34. The molecule has 2 N–H and O–H groups in total. The predicted octanol–water partition coefficient (Wildman–Crippen LogP) is 3.34. The number of esters is 1. The second kappa shape index (κ2) is 7.99. The molecule has 25 heavy (non-hydrogen) atoms. The van der Waals surface area contributed by atoms with Gasteiger partial charge >= 0.3 is 5.97 Å². The van der Waals surface area contributed by atoms with Crippen LogP contribution in [-0.2, 0) is 9.53 Å². The third kappa shape index (κ3) is 4.37. The summed E-state index contributed by atoms with van der Waals surface area (Å²) in [5, 5.41) is 9.09. The lowest BCUT2D eigenvalue weighted by Crippen LogP contribution is -2.12. The van der Waals surface area contributed by atoms with Crippen molar-refractivity contribution in [2.45, 2.75) is 0 Å². The lowest BCUT2D eigenvalue weighted by molar-refractivity contribution is -0.114. The second-order valence-corrected chi connectivity index (χ2v) is 5.23. The molecular formula is C18H13ClN2O4. The number of nitrogens with two attached hydrogens (primary N) is 1. The summed E-state index contributed by atoms with van der Waals surface area (Å²) in [5.41, 5.74) is 5.61. The molecule has 6 nitrogen and oxygen atoms in total. The van der Waals surface area contributed by atoms with Crippen molar-refractivity contribution in [1.29, 1.82) is 5.26 Å². The Labute approximate surface area is 148 Å². The number of primary amides is 1. The van der Waals surface area contributed by atoms with Gasteiger partial charge in [-0.1, -0.05) is 24.3 Å². The van der Waals surface area contributed by atoms with Crippen LogP contribution >= 0.6 is 11.6 Å². The molecule has 0 spiro atoms. The summed E-state index contributed by atoms with van der Waals surface area (Å²) >= 11 is 6.03. The first-order chi connectivity index (χ1) is 12.0. The van der Waals surface area contributed by atoms with Crippen molar-refractivity contribution < 1.29 is 18.7 Å². The van der Waals surface area contributed by atoms with Crippen LogP contribution < -0.4 is 5.73 Å². The normalized spacial score (nSPS) is 10.8. The molecule has 0 saturated carbocycles. The molecule has 0 saturated heterocycles. The first-order valence-electron chi connectivity index (χ1n) is 7.05. The van der Waals surface area contributed by atoms with Crippen LogP contribution in [0.15, 0.2) is 53.0 Å². The van der Waals surface area contributed by atoms with Gasteiger partial charge < -0.3 is 14.9 Å². The van der Waals surface area contributed by atoms with Crippen molar-refractivity contribution in [3.05, 3.63) is 64.9 Å². The quantitative estimate of drug-likeness (QED) is 0.370. The summed E-state index contributed by atoms with van der Waals surface area (Å²) in [6, 6.07) is 9.63. The SMILES string of the molecule is C=CCOC(=O)c1cc(-c2ccc(/C=C(\C#N)C(N)=O)o2)ccc1Cl. The van der Waals surface area contributed by atoms with Gasteiger partial charge in [-0.2, -0.15) is 5.26 Å². The number of rotatable bonds is 6. The Hall–Kier alpha value is -3.30. The van der Waals surface area contributed by atoms with E-state index < -0.39 is 11.9 Å². The number of furan rings is 1. The number of carbonyl (C=O) groups excluding carboxylic acids is 2. The number of ether oxygens (including phenoxy) is 1. The van der Waals surface area contributed by atoms with Crippen LogP contribution in [0.4, 0.5) is 0 Å². The molecule has 1 heterocycles. The lowest BCUT2D eigenvalue weighted by Gasteiger charge is -2.06. The number of carbonyl (C=O) groups is 2. The van der Waals surface area contributed by atoms with Crippen LogP contribution in [0.2, 0.25) is 5.02 Å². The van der Waals surface area contributed by atoms with Crippen LogP contribution in [0.25, 0.3) is 17.4 Å². The average molecular weight is 357 g/mol. The highest BCUT2D eigenvalue weighted by Crippen LogP contribution is 2.28. The summed E-state index contributed by atoms with van der Waals surface area (Å²) < 4.78 is 10.5. The smallest absolute Gasteiger partial charge is 0.339 e. The Morgan fingerprint density at radius 1 is 1.36 bits per heavy atom. The molecule has 126 valence electrons. The highest BCUT2D eigenvalue weighted by atomic mass is 35.5. The van der Waals surface area contributed by atoms with Crippen LogP contribution in [0.3, 0.4) is 0 Å². The fourth-order valence-corrected chi connectivity index (χ4v) is 2.13. The minimum absolute atomic E-state index is 0.0686. The van der Waals surface area contributed by atoms with Gasteiger partial charge in [-0.25, -0.2) is 4.79 Å². The van der Waals surface area contributed by atoms with E-state index in [0.717, 1.165) is 0 Å². The maximum absolute atomic E-state index is 12.0. The number of hydrogen-bond acceptors (Lipinski definition) is 5. The average Bonchev–Trinajstić information content (AvgIpc) is 3.06. The number of nitrogens with zero attached hydrogens (tertiary/aromatic N) is 1. The van der Waals surface area contributed by atoms with Gasteiger partial charge in [-0.15, -0.1) is 0 Å². The third-order valence-electron chi connectivity index (χ3n) is 3.10. The summed E-state index contributed by atoms with van der Waals surface area (Å²) in [6.45, 7) is 3.54. The molecule has 0 aliphatic carbocycles. The van der Waals surface area contributed by atoms with Gasteiger partial charge in [0.25, 0.3) is 5.91 Å². The number of nitriles is 1. The molecule has 0 fully saturated rings. The molecule has 0 radical (unpaired) electrons. The minimum Gasteiger partial charge on any atom is -0.458 e. The van der Waals surface area contributed by atoms with Crippen molar-refractivity contribution in [2.24, 2.45) is 5.73 Å². The number of halogens is 1. The number of amides is 1. The molecule has 1 amide bonds. The minimum atomic E-state index is -0.848. The molecule has 0 aliphatic heterocycles. The zero-order valence-corrected chi connectivity index (χ0v) is 13.7. The van der Waals surface area contributed by atoms with Gasteiger partial charge in [-0.3, -0.25) is 4.79 Å². The highest BCUT2D eigenvalue weighted by Gasteiger charge is 2.15. The van der Waals surface area contributed by atoms with Crippen molar-refractivity contribution in [3.63, 3.8) is 0 Å². The molecule has 0 aliphatic rings. The largest absolute Gasteiger partial charge is 0.458 e. The van der Waals surface area contributed by atoms with E-state index in [1.54, 1.807) is 30.3 Å². The maximum atomic E-state index is 12.0. The summed E-state index contributed by atoms with van der Waals surface area (Å²) in [5.74, 6) is -0.739. The van der Waals surface area contributed by atoms with Crippen molar-refractivity contribution in [1.82, 2.24) is 0 Å². The van der Waals surface area contributed by atoms with Crippen LogP contribution in [0, 0.1) is 11.3 Å². The van der Waals surface area contributed by atoms with Crippen molar-refractivity contribution in [2.75, 3.05) is 6.61 Å². The van der Waals surface area contributed by atoms with Gasteiger partial charge in [0.1, 0.15) is 29.8 Å². The molecule has 7 heteroatoms. The Morgan fingerprint density at radius 3 is 2.76 bits per heavy atom. The third-order valence-corrected chi connectivity index (χ3v) is 3.43. The van der Waals surface area contributed by atoms with Crippen LogP contribution in [0.1, 0.15) is 16.1 Å². The molecule has 1 aromatic heterocycles. The summed E-state index contributed by atoms with van der Waals surface area (Å²) in [7, 11) is 0. The van der Waals surface area contributed by atoms with E-state index in [1.807, 2.05) is 0 Å². The first kappa shape index (κ1) is 18.0. The molecule has 2 aromatic rings. The van der Waals surface area contributed by atoms with Gasteiger partial charge in [0.2, 0.25) is 0 Å². The van der Waals surface area contributed by atoms with Crippen molar-refractivity contribution in [3.8, 4) is 17.4 Å². The highest BCUT2D eigenvalue weighted by molar-refractivity contribution is 6.33. The van der Waals surface area contributed by atoms with Gasteiger partial charge in [0.05, 0.1) is 10.6 Å². The Bertz CT molecular complexity index is 906. The second-order valence-electron chi connectivity index (χ2n) is 4.82. The van der Waals surface area contributed by atoms with E-state index in [2.05, 4.69) is 6.58 Å².